The van der Waals surface area contributed by atoms with Crippen molar-refractivity contribution in [3.05, 3.63) is 23.2 Å². The number of aliphatic hydroxyl groups excluding tert-OH is 1. The van der Waals surface area contributed by atoms with Gasteiger partial charge in [-0.15, -0.1) is 0 Å². The van der Waals surface area contributed by atoms with Crippen LogP contribution in [0.3, 0.4) is 0 Å². The van der Waals surface area contributed by atoms with Gasteiger partial charge in [0, 0.05) is 31.1 Å². The second-order valence-corrected chi connectivity index (χ2v) is 6.37. The van der Waals surface area contributed by atoms with Crippen molar-refractivity contribution in [1.29, 1.82) is 0 Å². The van der Waals surface area contributed by atoms with Crippen LogP contribution in [0.1, 0.15) is 26.7 Å². The lowest BCUT2D eigenvalue weighted by Crippen LogP contribution is -2.35. The highest BCUT2D eigenvalue weighted by Gasteiger charge is 2.17. The first kappa shape index (κ1) is 18.6. The smallest absolute Gasteiger partial charge is 0.221 e. The number of hydrogen-bond donors (Lipinski definition) is 3. The lowest BCUT2D eigenvalue weighted by Gasteiger charge is -2.23. The van der Waals surface area contributed by atoms with E-state index in [2.05, 4.69) is 10.6 Å². The molecule has 1 rings (SSSR count). The molecule has 0 radical (unpaired) electrons. The lowest BCUT2D eigenvalue weighted by molar-refractivity contribution is -0.121. The van der Waals surface area contributed by atoms with Crippen molar-refractivity contribution in [3.8, 4) is 5.75 Å². The molecule has 3 N–H and O–H groups in total. The van der Waals surface area contributed by atoms with Gasteiger partial charge in [0.25, 0.3) is 0 Å². The van der Waals surface area contributed by atoms with E-state index < -0.39 is 0 Å². The van der Waals surface area contributed by atoms with E-state index in [9.17, 15) is 4.79 Å². The van der Waals surface area contributed by atoms with Crippen molar-refractivity contribution < 1.29 is 14.6 Å². The van der Waals surface area contributed by atoms with E-state index in [0.717, 1.165) is 5.69 Å². The molecule has 6 heteroatoms. The molecule has 0 saturated carbocycles. The monoisotopic (exact) mass is 328 g/mol. The zero-order chi connectivity index (χ0) is 16.6. The second-order valence-electron chi connectivity index (χ2n) is 5.94. The molecule has 0 heterocycles. The SMILES string of the molecule is COc1ccc(Cl)cc1NCCC(=O)NCC(C)(C)CCO. The number of aliphatic hydroxyl groups is 1. The highest BCUT2D eigenvalue weighted by molar-refractivity contribution is 6.30. The Morgan fingerprint density at radius 2 is 2.14 bits per heavy atom. The standard InChI is InChI=1S/C16H25ClN2O3/c1-16(2,7-9-20)11-19-15(21)6-8-18-13-10-12(17)4-5-14(13)22-3/h4-5,10,18,20H,6-9,11H2,1-3H3,(H,19,21). The summed E-state index contributed by atoms with van der Waals surface area (Å²) >= 11 is 5.95. The summed E-state index contributed by atoms with van der Waals surface area (Å²) in [5.74, 6) is 0.661. The molecule has 0 unspecified atom stereocenters. The number of methoxy groups -OCH3 is 1. The van der Waals surface area contributed by atoms with E-state index >= 15 is 0 Å². The van der Waals surface area contributed by atoms with Gasteiger partial charge < -0.3 is 20.5 Å². The number of rotatable bonds is 9. The van der Waals surface area contributed by atoms with Crippen molar-refractivity contribution in [2.24, 2.45) is 5.41 Å². The van der Waals surface area contributed by atoms with Crippen LogP contribution in [0.15, 0.2) is 18.2 Å². The van der Waals surface area contributed by atoms with Crippen LogP contribution < -0.4 is 15.4 Å². The fourth-order valence-electron chi connectivity index (χ4n) is 1.95. The predicted molar refractivity (Wildman–Crippen MR) is 89.6 cm³/mol. The van der Waals surface area contributed by atoms with Crippen molar-refractivity contribution in [2.45, 2.75) is 26.7 Å². The van der Waals surface area contributed by atoms with Crippen molar-refractivity contribution in [1.82, 2.24) is 5.32 Å². The number of hydrogen-bond acceptors (Lipinski definition) is 4. The van der Waals surface area contributed by atoms with Gasteiger partial charge in [0.2, 0.25) is 5.91 Å². The third-order valence-electron chi connectivity index (χ3n) is 3.38. The largest absolute Gasteiger partial charge is 0.495 e. The maximum absolute atomic E-state index is 11.8. The third kappa shape index (κ3) is 6.54. The summed E-state index contributed by atoms with van der Waals surface area (Å²) < 4.78 is 5.23. The maximum atomic E-state index is 11.8. The Bertz CT molecular complexity index is 492. The summed E-state index contributed by atoms with van der Waals surface area (Å²) in [4.78, 5) is 11.8. The van der Waals surface area contributed by atoms with E-state index in [-0.39, 0.29) is 17.9 Å². The van der Waals surface area contributed by atoms with Gasteiger partial charge in [0.05, 0.1) is 12.8 Å². The molecule has 1 aromatic carbocycles. The zero-order valence-corrected chi connectivity index (χ0v) is 14.2. The summed E-state index contributed by atoms with van der Waals surface area (Å²) in [6, 6.07) is 5.30. The highest BCUT2D eigenvalue weighted by atomic mass is 35.5. The lowest BCUT2D eigenvalue weighted by atomic mass is 9.90. The fourth-order valence-corrected chi connectivity index (χ4v) is 2.12. The van der Waals surface area contributed by atoms with E-state index in [1.165, 1.54) is 0 Å². The average Bonchev–Trinajstić information content (AvgIpc) is 2.45. The first-order valence-electron chi connectivity index (χ1n) is 7.33. The van der Waals surface area contributed by atoms with E-state index in [1.807, 2.05) is 13.8 Å². The number of carbonyl (C=O) groups is 1. The Balaban J connectivity index is 2.38. The van der Waals surface area contributed by atoms with Crippen LogP contribution in [-0.2, 0) is 4.79 Å². The Morgan fingerprint density at radius 3 is 2.77 bits per heavy atom. The zero-order valence-electron chi connectivity index (χ0n) is 13.4. The van der Waals surface area contributed by atoms with Crippen LogP contribution >= 0.6 is 11.6 Å². The van der Waals surface area contributed by atoms with Gasteiger partial charge >= 0.3 is 0 Å². The average molecular weight is 329 g/mol. The number of ether oxygens (including phenoxy) is 1. The molecule has 1 aromatic rings. The van der Waals surface area contributed by atoms with E-state index in [1.54, 1.807) is 25.3 Å². The topological polar surface area (TPSA) is 70.6 Å². The summed E-state index contributed by atoms with van der Waals surface area (Å²) in [6.07, 6.45) is 1.01. The summed E-state index contributed by atoms with van der Waals surface area (Å²) in [5, 5.41) is 15.6. The third-order valence-corrected chi connectivity index (χ3v) is 3.62. The number of nitrogens with one attached hydrogen (secondary N) is 2. The van der Waals surface area contributed by atoms with Crippen molar-refractivity contribution in [3.63, 3.8) is 0 Å². The Kier molecular flexibility index (Phi) is 7.48. The minimum absolute atomic E-state index is 0.0282. The number of amides is 1. The molecule has 0 atom stereocenters. The van der Waals surface area contributed by atoms with Gasteiger partial charge in [-0.25, -0.2) is 0 Å². The van der Waals surface area contributed by atoms with Gasteiger partial charge in [-0.2, -0.15) is 0 Å². The highest BCUT2D eigenvalue weighted by Crippen LogP contribution is 2.27. The quantitative estimate of drug-likeness (QED) is 0.652. The molecule has 5 nitrogen and oxygen atoms in total. The molecule has 0 aliphatic rings. The Hall–Kier alpha value is -1.46. The molecule has 0 aliphatic heterocycles. The van der Waals surface area contributed by atoms with Crippen molar-refractivity contribution in [2.75, 3.05) is 32.1 Å². The van der Waals surface area contributed by atoms with Gasteiger partial charge in [0.1, 0.15) is 5.75 Å². The second kappa shape index (κ2) is 8.86. The number of anilines is 1. The van der Waals surface area contributed by atoms with Crippen molar-refractivity contribution >= 4 is 23.2 Å². The van der Waals surface area contributed by atoms with Gasteiger partial charge in [-0.05, 0) is 30.0 Å². The molecule has 0 aliphatic carbocycles. The fraction of sp³-hybridized carbons (Fsp3) is 0.562. The molecule has 0 bridgehead atoms. The van der Waals surface area contributed by atoms with Crippen LogP contribution in [-0.4, -0.2) is 37.8 Å². The molecule has 0 aromatic heterocycles. The Labute approximate surface area is 137 Å². The minimum atomic E-state index is -0.103. The minimum Gasteiger partial charge on any atom is -0.495 e. The molecule has 0 saturated heterocycles. The van der Waals surface area contributed by atoms with Crippen LogP contribution in [0.4, 0.5) is 5.69 Å². The van der Waals surface area contributed by atoms with Gasteiger partial charge in [0.15, 0.2) is 0 Å². The van der Waals surface area contributed by atoms with E-state index in [4.69, 9.17) is 21.4 Å². The predicted octanol–water partition coefficient (Wildman–Crippen LogP) is 2.68. The maximum Gasteiger partial charge on any atom is 0.221 e. The molecule has 1 amide bonds. The molecular weight excluding hydrogens is 304 g/mol. The van der Waals surface area contributed by atoms with E-state index in [0.29, 0.717) is 36.7 Å². The number of halogens is 1. The summed E-state index contributed by atoms with van der Waals surface area (Å²) in [5.41, 5.74) is 0.664. The molecule has 0 fully saturated rings. The number of carbonyl (C=O) groups excluding carboxylic acids is 1. The van der Waals surface area contributed by atoms with Crippen LogP contribution in [0.25, 0.3) is 0 Å². The van der Waals surface area contributed by atoms with Crippen LogP contribution in [0.5, 0.6) is 5.75 Å². The molecular formula is C16H25ClN2O3. The molecule has 0 spiro atoms. The Morgan fingerprint density at radius 1 is 1.41 bits per heavy atom. The molecule has 124 valence electrons. The van der Waals surface area contributed by atoms with Crippen LogP contribution in [0, 0.1) is 5.41 Å². The first-order chi connectivity index (χ1) is 10.4. The molecule has 22 heavy (non-hydrogen) atoms. The number of benzene rings is 1. The first-order valence-corrected chi connectivity index (χ1v) is 7.71. The van der Waals surface area contributed by atoms with Crippen LogP contribution in [0.2, 0.25) is 5.02 Å². The van der Waals surface area contributed by atoms with Gasteiger partial charge in [-0.3, -0.25) is 4.79 Å². The normalized spacial score (nSPS) is 11.1. The summed E-state index contributed by atoms with van der Waals surface area (Å²) in [6.45, 7) is 5.19. The summed E-state index contributed by atoms with van der Waals surface area (Å²) in [7, 11) is 1.59. The van der Waals surface area contributed by atoms with Gasteiger partial charge in [-0.1, -0.05) is 25.4 Å².